The Hall–Kier alpha value is -5.16. The van der Waals surface area contributed by atoms with Crippen LogP contribution >= 0.6 is 0 Å². The van der Waals surface area contributed by atoms with Crippen LogP contribution < -0.4 is 10.1 Å². The highest BCUT2D eigenvalue weighted by Crippen LogP contribution is 2.55. The van der Waals surface area contributed by atoms with Gasteiger partial charge in [-0.25, -0.2) is 0 Å². The average molecular weight is 823 g/mol. The molecule has 9 atom stereocenters. The van der Waals surface area contributed by atoms with Gasteiger partial charge in [-0.1, -0.05) is 45.9 Å². The highest BCUT2D eigenvalue weighted by Gasteiger charge is 2.50. The van der Waals surface area contributed by atoms with E-state index >= 15 is 0 Å². The Balaban J connectivity index is 1.70. The number of esters is 1. The lowest BCUT2D eigenvalue weighted by atomic mass is 9.78. The van der Waals surface area contributed by atoms with Crippen LogP contribution in [0, 0.1) is 30.6 Å². The molecule has 16 nitrogen and oxygen atoms in total. The molecule has 0 aliphatic carbocycles. The number of hydrogen-bond acceptors (Lipinski definition) is 15. The summed E-state index contributed by atoms with van der Waals surface area (Å²) in [7, 11) is 3.42. The van der Waals surface area contributed by atoms with Gasteiger partial charge in [0, 0.05) is 87.3 Å². The smallest absolute Gasteiger partial charge is 0.312 e. The number of ketones is 1. The minimum Gasteiger partial charge on any atom is -0.507 e. The summed E-state index contributed by atoms with van der Waals surface area (Å²) < 4.78 is 23.4. The molecule has 59 heavy (non-hydrogen) atoms. The zero-order valence-corrected chi connectivity index (χ0v) is 35.3. The van der Waals surface area contributed by atoms with Crippen LogP contribution in [0.2, 0.25) is 0 Å². The van der Waals surface area contributed by atoms with E-state index in [4.69, 9.17) is 18.9 Å². The van der Waals surface area contributed by atoms with Crippen LogP contribution in [0.25, 0.3) is 10.8 Å². The summed E-state index contributed by atoms with van der Waals surface area (Å²) >= 11 is 0. The van der Waals surface area contributed by atoms with Gasteiger partial charge >= 0.3 is 11.8 Å². The number of anilines is 1. The molecule has 0 aromatic heterocycles. The molecule has 2 aromatic rings. The zero-order valence-electron chi connectivity index (χ0n) is 35.3. The molecule has 0 saturated carbocycles. The number of carbonyl (C=O) groups excluding carboxylic acids is 3. The number of benzene rings is 2. The molecule has 0 unspecified atom stereocenters. The summed E-state index contributed by atoms with van der Waals surface area (Å²) in [5, 5.41) is 67.0. The largest absolute Gasteiger partial charge is 0.507 e. The number of aliphatic hydroxyl groups is 2. The molecule has 1 amide bonds. The van der Waals surface area contributed by atoms with E-state index in [1.54, 1.807) is 44.9 Å². The summed E-state index contributed by atoms with van der Waals surface area (Å²) in [5.74, 6) is -8.30. The fourth-order valence-corrected chi connectivity index (χ4v) is 7.93. The Bertz CT molecular complexity index is 2070. The number of phenolic OH excluding ortho intramolecular Hbond substituents is 3. The number of nitrogens with one attached hydrogen (secondary N) is 1. The highest BCUT2D eigenvalue weighted by atomic mass is 16.7. The summed E-state index contributed by atoms with van der Waals surface area (Å²) in [6.07, 6.45) is 4.90. The molecule has 1 fully saturated rings. The van der Waals surface area contributed by atoms with Crippen LogP contribution in [0.1, 0.15) is 70.0 Å². The van der Waals surface area contributed by atoms with Crippen LogP contribution in [-0.4, -0.2) is 130 Å². The van der Waals surface area contributed by atoms with Gasteiger partial charge in [0.2, 0.25) is 0 Å². The van der Waals surface area contributed by atoms with Gasteiger partial charge in [-0.15, -0.1) is 0 Å². The second-order valence-corrected chi connectivity index (χ2v) is 16.1. The van der Waals surface area contributed by atoms with Crippen molar-refractivity contribution in [3.8, 4) is 23.0 Å². The number of ether oxygens (including phenoxy) is 4. The molecule has 4 aliphatic heterocycles. The van der Waals surface area contributed by atoms with Crippen molar-refractivity contribution >= 4 is 40.3 Å². The van der Waals surface area contributed by atoms with E-state index in [1.807, 2.05) is 7.05 Å². The number of piperazine rings is 1. The number of Topliss-reactive ketones (excluding diaryl/α,β-unsaturated/α-hetero) is 1. The normalized spacial score (nSPS) is 30.1. The Morgan fingerprint density at radius 3 is 2.22 bits per heavy atom. The second kappa shape index (κ2) is 18.0. The number of carbonyl (C=O) groups is 3. The van der Waals surface area contributed by atoms with Crippen molar-refractivity contribution in [3.63, 3.8) is 0 Å². The van der Waals surface area contributed by atoms with Crippen molar-refractivity contribution in [2.24, 2.45) is 28.8 Å². The van der Waals surface area contributed by atoms with Gasteiger partial charge in [0.25, 0.3) is 11.7 Å². The minimum atomic E-state index is -2.03. The van der Waals surface area contributed by atoms with Gasteiger partial charge in [-0.2, -0.15) is 5.10 Å². The van der Waals surface area contributed by atoms with Crippen molar-refractivity contribution in [1.82, 2.24) is 9.91 Å². The first-order valence-corrected chi connectivity index (χ1v) is 19.8. The Morgan fingerprint density at radius 1 is 0.949 bits per heavy atom. The predicted molar refractivity (Wildman–Crippen MR) is 220 cm³/mol. The van der Waals surface area contributed by atoms with Gasteiger partial charge in [0.05, 0.1) is 53.0 Å². The van der Waals surface area contributed by atoms with Crippen molar-refractivity contribution in [2.75, 3.05) is 45.7 Å². The lowest BCUT2D eigenvalue weighted by molar-refractivity contribution is -0.156. The van der Waals surface area contributed by atoms with Crippen LogP contribution in [0.3, 0.4) is 0 Å². The lowest BCUT2D eigenvalue weighted by Gasteiger charge is -2.37. The molecule has 6 N–H and O–H groups in total. The lowest BCUT2D eigenvalue weighted by Crippen LogP contribution is -2.46. The van der Waals surface area contributed by atoms with E-state index < -0.39 is 88.8 Å². The molecule has 4 aliphatic rings. The molecular weight excluding hydrogens is 764 g/mol. The zero-order chi connectivity index (χ0) is 43.7. The van der Waals surface area contributed by atoms with Crippen LogP contribution in [-0.2, 0) is 23.8 Å². The molecule has 0 spiro atoms. The molecule has 0 radical (unpaired) electrons. The Labute approximate surface area is 344 Å². The Morgan fingerprint density at radius 2 is 1.59 bits per heavy atom. The molecular formula is C43H58N4O12. The summed E-state index contributed by atoms with van der Waals surface area (Å²) in [6.45, 7) is 15.1. The van der Waals surface area contributed by atoms with Gasteiger partial charge in [-0.3, -0.25) is 19.4 Å². The predicted octanol–water partition coefficient (Wildman–Crippen LogP) is 4.34. The van der Waals surface area contributed by atoms with E-state index in [-0.39, 0.29) is 44.5 Å². The monoisotopic (exact) mass is 822 g/mol. The fraction of sp³-hybridized carbons (Fsp3) is 0.535. The van der Waals surface area contributed by atoms with Crippen molar-refractivity contribution < 1.29 is 58.9 Å². The van der Waals surface area contributed by atoms with E-state index in [1.165, 1.54) is 59.4 Å². The highest BCUT2D eigenvalue weighted by molar-refractivity contribution is 6.23. The quantitative estimate of drug-likeness (QED) is 0.109. The van der Waals surface area contributed by atoms with Gasteiger partial charge in [0.1, 0.15) is 23.4 Å². The number of methoxy groups -OCH3 is 1. The van der Waals surface area contributed by atoms with Crippen LogP contribution in [0.5, 0.6) is 23.0 Å². The maximum absolute atomic E-state index is 14.4. The number of allylic oxidation sites excluding steroid dienone is 2. The summed E-state index contributed by atoms with van der Waals surface area (Å²) in [4.78, 5) is 42.5. The first-order valence-electron chi connectivity index (χ1n) is 19.8. The molecule has 4 heterocycles. The van der Waals surface area contributed by atoms with E-state index in [0.29, 0.717) is 13.1 Å². The fourth-order valence-electron chi connectivity index (χ4n) is 7.93. The minimum absolute atomic E-state index is 0.0594. The second-order valence-electron chi connectivity index (χ2n) is 16.1. The molecule has 322 valence electrons. The maximum Gasteiger partial charge on any atom is 0.312 e. The van der Waals surface area contributed by atoms with Crippen molar-refractivity contribution in [1.29, 1.82) is 0 Å². The number of aromatic hydroxyl groups is 3. The van der Waals surface area contributed by atoms with Crippen molar-refractivity contribution in [2.45, 2.75) is 85.6 Å². The standard InChI is InChI=1S/C43H58N4O12/c1-21-12-11-13-22(2)42(55)45-33-28(20-44-47-17-15-46(9)16-18-47)37(52)30-31(38(33)53)36(51)26(6)40-32(30)41(54)43(8,59-40)57-19-14-29(56-10)23(3)34(49)24(4)35(50)25(5)39(21)58-27(7)48/h11-14,19-21,23-25,29,34-35,39,49-53H,15-18H2,1-10H3,(H,45,55)/t21-,23+,24-,25-,29-,34+,35-,39-,43-/m0/s1. The van der Waals surface area contributed by atoms with Gasteiger partial charge in [0.15, 0.2) is 5.75 Å². The van der Waals surface area contributed by atoms with Gasteiger partial charge in [-0.05, 0) is 27.0 Å². The van der Waals surface area contributed by atoms with E-state index in [2.05, 4.69) is 15.3 Å². The number of hydrogen-bond donors (Lipinski definition) is 6. The number of phenols is 3. The van der Waals surface area contributed by atoms with Gasteiger partial charge < -0.3 is 54.7 Å². The first-order chi connectivity index (χ1) is 27.7. The Kier molecular flexibility index (Phi) is 13.7. The number of aliphatic hydroxyl groups excluding tert-OH is 2. The molecule has 5 bridgehead atoms. The third-order valence-corrected chi connectivity index (χ3v) is 11.9. The molecule has 2 aromatic carbocycles. The summed E-state index contributed by atoms with van der Waals surface area (Å²) in [5.41, 5.74) is -0.355. The first kappa shape index (κ1) is 44.9. The molecule has 16 heteroatoms. The number of rotatable bonds is 4. The molecule has 1 saturated heterocycles. The third kappa shape index (κ3) is 8.91. The molecule has 6 rings (SSSR count). The SMILES string of the molecule is CO[C@H]1C=CO[C@@]2(C)Oc3c(C)c(O)c4c(O)c(c(C=NN5CCN(C)CC5)c(O)c4c3C2=O)NC(=O)C(C)=CC=C[C@H](C)[C@H](OC(C)=O)[C@@H](C)[C@@H](O)[C@@H](C)[C@H](O)[C@@H]1C. The number of fused-ring (bicyclic) bond motifs is 14. The topological polar surface area (TPSA) is 220 Å². The number of likely N-dealkylation sites (N-methyl/N-ethyl adjacent to an activating group) is 1. The maximum atomic E-state index is 14.4. The summed E-state index contributed by atoms with van der Waals surface area (Å²) in [6, 6.07) is 0. The average Bonchev–Trinajstić information content (AvgIpc) is 3.46. The van der Waals surface area contributed by atoms with Crippen LogP contribution in [0.4, 0.5) is 5.69 Å². The van der Waals surface area contributed by atoms with E-state index in [0.717, 1.165) is 13.1 Å². The van der Waals surface area contributed by atoms with E-state index in [9.17, 15) is 39.9 Å². The van der Waals surface area contributed by atoms with Crippen LogP contribution in [0.15, 0.2) is 41.2 Å². The number of nitrogens with zero attached hydrogens (tertiary/aromatic N) is 3. The number of hydrazone groups is 1. The third-order valence-electron chi connectivity index (χ3n) is 11.9. The van der Waals surface area contributed by atoms with Crippen molar-refractivity contribution in [3.05, 3.63) is 52.8 Å². The number of amides is 1.